The minimum atomic E-state index is 0.233. The molecule has 1 aromatic carbocycles. The van der Waals surface area contributed by atoms with Gasteiger partial charge in [0.05, 0.1) is 6.10 Å². The van der Waals surface area contributed by atoms with Gasteiger partial charge in [0.15, 0.2) is 0 Å². The van der Waals surface area contributed by atoms with Gasteiger partial charge in [0.2, 0.25) is 0 Å². The second-order valence-electron chi connectivity index (χ2n) is 5.04. The van der Waals surface area contributed by atoms with Crippen LogP contribution in [0.2, 0.25) is 0 Å². The Bertz CT molecular complexity index is 361. The summed E-state index contributed by atoms with van der Waals surface area (Å²) in [5.41, 5.74) is 1.26. The Labute approximate surface area is 114 Å². The number of rotatable bonds is 6. The molecule has 0 amide bonds. The van der Waals surface area contributed by atoms with Crippen LogP contribution >= 0.6 is 11.8 Å². The first-order valence-electron chi connectivity index (χ1n) is 6.82. The van der Waals surface area contributed by atoms with E-state index >= 15 is 0 Å². The third-order valence-corrected chi connectivity index (χ3v) is 4.44. The third-order valence-electron chi connectivity index (χ3n) is 3.05. The highest BCUT2D eigenvalue weighted by Gasteiger charge is 2.14. The molecular weight excluding hydrogens is 242 g/mol. The molecule has 1 unspecified atom stereocenters. The zero-order chi connectivity index (χ0) is 12.8. The molecule has 1 saturated heterocycles. The fraction of sp³-hybridized carbons (Fsp3) is 0.600. The van der Waals surface area contributed by atoms with E-state index in [1.807, 2.05) is 6.07 Å². The molecule has 0 aromatic heterocycles. The van der Waals surface area contributed by atoms with Gasteiger partial charge in [-0.1, -0.05) is 18.2 Å². The highest BCUT2D eigenvalue weighted by atomic mass is 32.2. The number of ether oxygens (including phenoxy) is 1. The summed E-state index contributed by atoms with van der Waals surface area (Å²) in [7, 11) is 0. The minimum absolute atomic E-state index is 0.233. The van der Waals surface area contributed by atoms with E-state index < -0.39 is 0 Å². The van der Waals surface area contributed by atoms with Gasteiger partial charge >= 0.3 is 0 Å². The zero-order valence-electron chi connectivity index (χ0n) is 11.3. The normalized spacial score (nSPS) is 19.4. The van der Waals surface area contributed by atoms with Crippen molar-refractivity contribution in [2.75, 3.05) is 12.3 Å². The molecule has 1 fully saturated rings. The molecule has 3 heteroatoms. The molecule has 100 valence electrons. The number of nitrogens with one attached hydrogen (secondary N) is 1. The predicted octanol–water partition coefficient (Wildman–Crippen LogP) is 3.46. The van der Waals surface area contributed by atoms with Crippen LogP contribution in [0.3, 0.4) is 0 Å². The fourth-order valence-corrected chi connectivity index (χ4v) is 3.43. The molecule has 1 N–H and O–H groups in total. The van der Waals surface area contributed by atoms with E-state index in [0.29, 0.717) is 0 Å². The van der Waals surface area contributed by atoms with Crippen LogP contribution in [0.4, 0.5) is 0 Å². The van der Waals surface area contributed by atoms with Gasteiger partial charge < -0.3 is 10.1 Å². The van der Waals surface area contributed by atoms with Crippen molar-refractivity contribution in [3.05, 3.63) is 29.8 Å². The van der Waals surface area contributed by atoms with E-state index in [-0.39, 0.29) is 6.10 Å². The summed E-state index contributed by atoms with van der Waals surface area (Å²) in [6.45, 7) is 6.15. The standard InChI is InChI=1S/C15H23NOS/c1-12(2)17-15-8-4-3-6-13(15)10-16-11-14-7-5-9-18-14/h3-4,6,8,12,14,16H,5,7,9-11H2,1-2H3. The van der Waals surface area contributed by atoms with Crippen molar-refractivity contribution in [1.29, 1.82) is 0 Å². The maximum atomic E-state index is 5.82. The van der Waals surface area contributed by atoms with Gasteiger partial charge in [-0.2, -0.15) is 11.8 Å². The average Bonchev–Trinajstić information content (AvgIpc) is 2.84. The Kier molecular flexibility index (Phi) is 5.39. The summed E-state index contributed by atoms with van der Waals surface area (Å²) in [6, 6.07) is 8.32. The molecule has 0 aliphatic carbocycles. The van der Waals surface area contributed by atoms with E-state index in [9.17, 15) is 0 Å². The summed E-state index contributed by atoms with van der Waals surface area (Å²) in [5, 5.41) is 4.36. The lowest BCUT2D eigenvalue weighted by Gasteiger charge is -2.15. The van der Waals surface area contributed by atoms with E-state index in [2.05, 4.69) is 49.1 Å². The molecule has 1 aromatic rings. The molecule has 0 saturated carbocycles. The number of benzene rings is 1. The molecule has 0 bridgehead atoms. The molecule has 1 aliphatic heterocycles. The van der Waals surface area contributed by atoms with Gasteiger partial charge in [-0.25, -0.2) is 0 Å². The van der Waals surface area contributed by atoms with E-state index in [1.54, 1.807) is 0 Å². The van der Waals surface area contributed by atoms with Crippen LogP contribution in [0.25, 0.3) is 0 Å². The Balaban J connectivity index is 1.83. The first kappa shape index (κ1) is 13.8. The van der Waals surface area contributed by atoms with Gasteiger partial charge in [-0.3, -0.25) is 0 Å². The summed E-state index contributed by atoms with van der Waals surface area (Å²) < 4.78 is 5.82. The lowest BCUT2D eigenvalue weighted by molar-refractivity contribution is 0.239. The van der Waals surface area contributed by atoms with E-state index in [0.717, 1.165) is 24.1 Å². The van der Waals surface area contributed by atoms with Crippen molar-refractivity contribution in [2.24, 2.45) is 0 Å². The predicted molar refractivity (Wildman–Crippen MR) is 79.4 cm³/mol. The highest BCUT2D eigenvalue weighted by molar-refractivity contribution is 8.00. The van der Waals surface area contributed by atoms with Crippen LogP contribution in [0, 0.1) is 0 Å². The number of para-hydroxylation sites is 1. The van der Waals surface area contributed by atoms with Crippen molar-refractivity contribution >= 4 is 11.8 Å². The molecule has 2 rings (SSSR count). The van der Waals surface area contributed by atoms with Crippen LogP contribution in [-0.2, 0) is 6.54 Å². The maximum absolute atomic E-state index is 5.82. The quantitative estimate of drug-likeness (QED) is 0.851. The SMILES string of the molecule is CC(C)Oc1ccccc1CNCC1CCCS1. The van der Waals surface area contributed by atoms with Crippen LogP contribution in [0.1, 0.15) is 32.3 Å². The van der Waals surface area contributed by atoms with Gasteiger partial charge in [0.25, 0.3) is 0 Å². The van der Waals surface area contributed by atoms with Crippen molar-refractivity contribution in [3.8, 4) is 5.75 Å². The lowest BCUT2D eigenvalue weighted by Crippen LogP contribution is -2.23. The molecule has 2 nitrogen and oxygen atoms in total. The van der Waals surface area contributed by atoms with Crippen molar-refractivity contribution in [2.45, 2.75) is 44.6 Å². The van der Waals surface area contributed by atoms with Gasteiger partial charge in [-0.05, 0) is 38.5 Å². The first-order valence-corrected chi connectivity index (χ1v) is 7.87. The van der Waals surface area contributed by atoms with Crippen molar-refractivity contribution in [1.82, 2.24) is 5.32 Å². The molecular formula is C15H23NOS. The molecule has 1 atom stereocenters. The van der Waals surface area contributed by atoms with Gasteiger partial charge in [-0.15, -0.1) is 0 Å². The Hall–Kier alpha value is -0.670. The smallest absolute Gasteiger partial charge is 0.124 e. The van der Waals surface area contributed by atoms with Crippen LogP contribution < -0.4 is 10.1 Å². The van der Waals surface area contributed by atoms with Crippen LogP contribution in [0.5, 0.6) is 5.75 Å². The van der Waals surface area contributed by atoms with Gasteiger partial charge in [0, 0.05) is 23.9 Å². The highest BCUT2D eigenvalue weighted by Crippen LogP contribution is 2.25. The average molecular weight is 265 g/mol. The summed E-state index contributed by atoms with van der Waals surface area (Å²) >= 11 is 2.10. The van der Waals surface area contributed by atoms with E-state index in [1.165, 1.54) is 24.2 Å². The molecule has 0 spiro atoms. The summed E-state index contributed by atoms with van der Waals surface area (Å²) in [5.74, 6) is 2.35. The topological polar surface area (TPSA) is 21.3 Å². The molecule has 1 heterocycles. The maximum Gasteiger partial charge on any atom is 0.124 e. The monoisotopic (exact) mass is 265 g/mol. The van der Waals surface area contributed by atoms with E-state index in [4.69, 9.17) is 4.74 Å². The zero-order valence-corrected chi connectivity index (χ0v) is 12.1. The molecule has 0 radical (unpaired) electrons. The number of thioether (sulfide) groups is 1. The summed E-state index contributed by atoms with van der Waals surface area (Å²) in [4.78, 5) is 0. The second-order valence-corrected chi connectivity index (χ2v) is 6.45. The van der Waals surface area contributed by atoms with Crippen molar-refractivity contribution < 1.29 is 4.74 Å². The van der Waals surface area contributed by atoms with Crippen LogP contribution in [0.15, 0.2) is 24.3 Å². The minimum Gasteiger partial charge on any atom is -0.491 e. The summed E-state index contributed by atoms with van der Waals surface area (Å²) in [6.07, 6.45) is 2.97. The number of hydrogen-bond donors (Lipinski definition) is 1. The fourth-order valence-electron chi connectivity index (χ4n) is 2.19. The largest absolute Gasteiger partial charge is 0.491 e. The van der Waals surface area contributed by atoms with Crippen molar-refractivity contribution in [3.63, 3.8) is 0 Å². The Morgan fingerprint density at radius 1 is 1.39 bits per heavy atom. The molecule has 18 heavy (non-hydrogen) atoms. The van der Waals surface area contributed by atoms with Gasteiger partial charge in [0.1, 0.15) is 5.75 Å². The number of hydrogen-bond acceptors (Lipinski definition) is 3. The lowest BCUT2D eigenvalue weighted by atomic mass is 10.2. The molecule has 1 aliphatic rings. The Morgan fingerprint density at radius 2 is 2.22 bits per heavy atom. The Morgan fingerprint density at radius 3 is 2.94 bits per heavy atom. The first-order chi connectivity index (χ1) is 8.75. The van der Waals surface area contributed by atoms with Crippen LogP contribution in [-0.4, -0.2) is 23.7 Å². The third kappa shape index (κ3) is 4.21. The second kappa shape index (κ2) is 7.05.